The van der Waals surface area contributed by atoms with Gasteiger partial charge in [-0.25, -0.2) is 0 Å². The van der Waals surface area contributed by atoms with Gasteiger partial charge in [-0.1, -0.05) is 17.7 Å². The van der Waals surface area contributed by atoms with Crippen LogP contribution in [-0.2, 0) is 4.79 Å². The maximum atomic E-state index is 12.9. The van der Waals surface area contributed by atoms with Crippen molar-refractivity contribution in [3.63, 3.8) is 0 Å². The Labute approximate surface area is 181 Å². The number of carbonyl (C=O) groups is 2. The van der Waals surface area contributed by atoms with Crippen LogP contribution >= 0.6 is 0 Å². The van der Waals surface area contributed by atoms with Crippen molar-refractivity contribution >= 4 is 28.9 Å². The van der Waals surface area contributed by atoms with Crippen LogP contribution in [0.2, 0.25) is 0 Å². The lowest BCUT2D eigenvalue weighted by molar-refractivity contribution is -0.384. The van der Waals surface area contributed by atoms with Crippen LogP contribution in [-0.4, -0.2) is 36.4 Å². The smallest absolute Gasteiger partial charge is 0.270 e. The zero-order valence-corrected chi connectivity index (χ0v) is 18.2. The summed E-state index contributed by atoms with van der Waals surface area (Å²) < 4.78 is 0. The molecule has 0 aliphatic carbocycles. The molecule has 2 amide bonds. The molecule has 1 aliphatic heterocycles. The Balaban J connectivity index is 1.74. The lowest BCUT2D eigenvalue weighted by atomic mass is 10.0. The van der Waals surface area contributed by atoms with Crippen molar-refractivity contribution < 1.29 is 14.5 Å². The van der Waals surface area contributed by atoms with Crippen LogP contribution in [0, 0.1) is 30.9 Å². The van der Waals surface area contributed by atoms with E-state index in [9.17, 15) is 19.7 Å². The molecular weight excluding hydrogens is 396 g/mol. The Morgan fingerprint density at radius 1 is 1.03 bits per heavy atom. The molecule has 1 fully saturated rings. The molecule has 1 aliphatic rings. The third kappa shape index (κ3) is 5.39. The van der Waals surface area contributed by atoms with E-state index in [0.29, 0.717) is 5.69 Å². The normalized spacial score (nSPS) is 13.6. The maximum absolute atomic E-state index is 12.9. The molecule has 0 aromatic heterocycles. The second-order valence-electron chi connectivity index (χ2n) is 8.01. The average Bonchev–Trinajstić information content (AvgIpc) is 2.74. The van der Waals surface area contributed by atoms with Crippen LogP contribution in [0.1, 0.15) is 46.3 Å². The molecule has 8 nitrogen and oxygen atoms in total. The molecule has 0 radical (unpaired) electrons. The zero-order valence-electron chi connectivity index (χ0n) is 18.2. The number of hydrogen-bond acceptors (Lipinski definition) is 5. The molecule has 1 heterocycles. The molecule has 3 rings (SSSR count). The number of anilines is 2. The number of non-ortho nitro benzene ring substituents is 1. The van der Waals surface area contributed by atoms with Gasteiger partial charge >= 0.3 is 0 Å². The molecule has 0 spiro atoms. The summed E-state index contributed by atoms with van der Waals surface area (Å²) in [5, 5.41) is 16.7. The lowest BCUT2D eigenvalue weighted by Crippen LogP contribution is -2.36. The molecule has 0 unspecified atom stereocenters. The number of aryl methyl sites for hydroxylation is 3. The van der Waals surface area contributed by atoms with Crippen molar-refractivity contribution in [2.75, 3.05) is 29.9 Å². The highest BCUT2D eigenvalue weighted by molar-refractivity contribution is 6.03. The summed E-state index contributed by atoms with van der Waals surface area (Å²) >= 11 is 0. The van der Waals surface area contributed by atoms with E-state index in [1.54, 1.807) is 6.07 Å². The Morgan fingerprint density at radius 3 is 2.29 bits per heavy atom. The van der Waals surface area contributed by atoms with Gasteiger partial charge in [-0.05, 0) is 57.2 Å². The molecular formula is C23H28N4O4. The quantitative estimate of drug-likeness (QED) is 0.541. The monoisotopic (exact) mass is 424 g/mol. The van der Waals surface area contributed by atoms with Gasteiger partial charge in [0, 0.05) is 30.9 Å². The SMILES string of the molecule is Cc1cc(C)c(NC(=O)CNC(=O)c2cc([N+](=O)[O-])ccc2N2CCCCC2)c(C)c1. The van der Waals surface area contributed by atoms with E-state index in [0.717, 1.165) is 54.7 Å². The number of nitrogens with zero attached hydrogens (tertiary/aromatic N) is 2. The molecule has 2 aromatic rings. The van der Waals surface area contributed by atoms with Gasteiger partial charge < -0.3 is 15.5 Å². The molecule has 1 saturated heterocycles. The standard InChI is InChI=1S/C23H28N4O4/c1-15-11-16(2)22(17(3)12-15)25-21(28)14-24-23(29)19-13-18(27(30)31)7-8-20(19)26-9-5-4-6-10-26/h7-8,11-13H,4-6,9-10,14H2,1-3H3,(H,24,29)(H,25,28). The van der Waals surface area contributed by atoms with Crippen LogP contribution in [0.5, 0.6) is 0 Å². The average molecular weight is 425 g/mol. The number of nitro benzene ring substituents is 1. The number of piperidine rings is 1. The van der Waals surface area contributed by atoms with Crippen molar-refractivity contribution in [1.82, 2.24) is 5.32 Å². The third-order valence-electron chi connectivity index (χ3n) is 5.48. The van der Waals surface area contributed by atoms with Crippen LogP contribution < -0.4 is 15.5 Å². The van der Waals surface area contributed by atoms with Gasteiger partial charge in [-0.3, -0.25) is 19.7 Å². The first-order chi connectivity index (χ1) is 14.8. The van der Waals surface area contributed by atoms with E-state index < -0.39 is 10.8 Å². The molecule has 2 N–H and O–H groups in total. The summed E-state index contributed by atoms with van der Waals surface area (Å²) in [7, 11) is 0. The molecule has 0 bridgehead atoms. The second kappa shape index (κ2) is 9.59. The minimum atomic E-state index is -0.521. The van der Waals surface area contributed by atoms with Crippen molar-refractivity contribution in [3.8, 4) is 0 Å². The van der Waals surface area contributed by atoms with Gasteiger partial charge in [0.05, 0.1) is 22.7 Å². The molecule has 164 valence electrons. The Hall–Kier alpha value is -3.42. The number of benzene rings is 2. The lowest BCUT2D eigenvalue weighted by Gasteiger charge is -2.30. The van der Waals surface area contributed by atoms with Crippen LogP contribution in [0.4, 0.5) is 17.1 Å². The minimum absolute atomic E-state index is 0.152. The van der Waals surface area contributed by atoms with Gasteiger partial charge in [0.15, 0.2) is 0 Å². The van der Waals surface area contributed by atoms with E-state index in [2.05, 4.69) is 15.5 Å². The highest BCUT2D eigenvalue weighted by Gasteiger charge is 2.22. The first kappa shape index (κ1) is 22.3. The third-order valence-corrected chi connectivity index (χ3v) is 5.48. The predicted octanol–water partition coefficient (Wildman–Crippen LogP) is 3.88. The largest absolute Gasteiger partial charge is 0.371 e. The Bertz CT molecular complexity index is 990. The zero-order chi connectivity index (χ0) is 22.5. The Kier molecular flexibility index (Phi) is 6.89. The summed E-state index contributed by atoms with van der Waals surface area (Å²) in [6.07, 6.45) is 3.15. The van der Waals surface area contributed by atoms with Crippen LogP contribution in [0.15, 0.2) is 30.3 Å². The second-order valence-corrected chi connectivity index (χ2v) is 8.01. The number of hydrogen-bond donors (Lipinski definition) is 2. The molecule has 8 heteroatoms. The number of amides is 2. The highest BCUT2D eigenvalue weighted by atomic mass is 16.6. The predicted molar refractivity (Wildman–Crippen MR) is 121 cm³/mol. The van der Waals surface area contributed by atoms with Crippen molar-refractivity contribution in [2.45, 2.75) is 40.0 Å². The summed E-state index contributed by atoms with van der Waals surface area (Å²) in [4.78, 5) is 38.1. The topological polar surface area (TPSA) is 105 Å². The van der Waals surface area contributed by atoms with E-state index >= 15 is 0 Å². The number of rotatable bonds is 6. The number of carbonyl (C=O) groups excluding carboxylic acids is 2. The van der Waals surface area contributed by atoms with Gasteiger partial charge in [0.1, 0.15) is 0 Å². The fourth-order valence-corrected chi connectivity index (χ4v) is 4.05. The summed E-state index contributed by atoms with van der Waals surface area (Å²) in [6, 6.07) is 8.28. The Morgan fingerprint density at radius 2 is 1.68 bits per heavy atom. The minimum Gasteiger partial charge on any atom is -0.371 e. The van der Waals surface area contributed by atoms with Gasteiger partial charge in [-0.15, -0.1) is 0 Å². The van der Waals surface area contributed by atoms with Crippen LogP contribution in [0.25, 0.3) is 0 Å². The molecule has 31 heavy (non-hydrogen) atoms. The maximum Gasteiger partial charge on any atom is 0.270 e. The highest BCUT2D eigenvalue weighted by Crippen LogP contribution is 2.28. The van der Waals surface area contributed by atoms with Crippen molar-refractivity contribution in [1.29, 1.82) is 0 Å². The van der Waals surface area contributed by atoms with E-state index in [-0.39, 0.29) is 23.7 Å². The van der Waals surface area contributed by atoms with E-state index in [1.165, 1.54) is 12.1 Å². The van der Waals surface area contributed by atoms with Crippen molar-refractivity contribution in [2.24, 2.45) is 0 Å². The fourth-order valence-electron chi connectivity index (χ4n) is 4.05. The molecule has 0 saturated carbocycles. The first-order valence-corrected chi connectivity index (χ1v) is 10.5. The number of nitro groups is 1. The van der Waals surface area contributed by atoms with Gasteiger partial charge in [-0.2, -0.15) is 0 Å². The summed E-state index contributed by atoms with van der Waals surface area (Å²) in [5.41, 5.74) is 4.46. The molecule has 2 aromatic carbocycles. The fraction of sp³-hybridized carbons (Fsp3) is 0.391. The summed E-state index contributed by atoms with van der Waals surface area (Å²) in [6.45, 7) is 7.19. The van der Waals surface area contributed by atoms with E-state index in [1.807, 2.05) is 32.9 Å². The van der Waals surface area contributed by atoms with Crippen molar-refractivity contribution in [3.05, 3.63) is 62.7 Å². The molecule has 0 atom stereocenters. The number of nitrogens with one attached hydrogen (secondary N) is 2. The van der Waals surface area contributed by atoms with E-state index in [4.69, 9.17) is 0 Å². The first-order valence-electron chi connectivity index (χ1n) is 10.5. The summed E-state index contributed by atoms with van der Waals surface area (Å²) in [5.74, 6) is -0.856. The van der Waals surface area contributed by atoms with Gasteiger partial charge in [0.25, 0.3) is 11.6 Å². The van der Waals surface area contributed by atoms with Crippen LogP contribution in [0.3, 0.4) is 0 Å². The van der Waals surface area contributed by atoms with Gasteiger partial charge in [0.2, 0.25) is 5.91 Å².